The highest BCUT2D eigenvalue weighted by atomic mass is 79.9. The Bertz CT molecular complexity index is 1040. The van der Waals surface area contributed by atoms with Crippen molar-refractivity contribution in [2.24, 2.45) is 5.92 Å². The number of hydrogen-bond donors (Lipinski definition) is 0. The maximum Gasteiger partial charge on any atom is 0.253 e. The van der Waals surface area contributed by atoms with Crippen molar-refractivity contribution in [2.75, 3.05) is 39.9 Å². The minimum Gasteiger partial charge on any atom is -0.383 e. The zero-order valence-electron chi connectivity index (χ0n) is 18.7. The SMILES string of the molecule is COCCN(CC1CCCN(Cc2ccccc2)C1)C(=O)c1ccc2cc(Br)ccc2c1. The summed E-state index contributed by atoms with van der Waals surface area (Å²) in [4.78, 5) is 18.0. The predicted octanol–water partition coefficient (Wildman–Crippen LogP) is 5.60. The molecule has 0 saturated carbocycles. The molecule has 0 aromatic heterocycles. The van der Waals surface area contributed by atoms with Gasteiger partial charge in [-0.15, -0.1) is 0 Å². The number of rotatable bonds is 8. The van der Waals surface area contributed by atoms with Crippen molar-refractivity contribution < 1.29 is 9.53 Å². The fourth-order valence-electron chi connectivity index (χ4n) is 4.61. The Kier molecular flexibility index (Phi) is 7.95. The molecule has 1 atom stereocenters. The zero-order valence-corrected chi connectivity index (χ0v) is 20.3. The second-order valence-electron chi connectivity index (χ2n) is 8.68. The average Bonchev–Trinajstić information content (AvgIpc) is 2.82. The van der Waals surface area contributed by atoms with Crippen LogP contribution in [0.2, 0.25) is 0 Å². The summed E-state index contributed by atoms with van der Waals surface area (Å²) in [6, 6.07) is 22.8. The van der Waals surface area contributed by atoms with Gasteiger partial charge in [0.25, 0.3) is 5.91 Å². The van der Waals surface area contributed by atoms with E-state index in [0.717, 1.165) is 53.4 Å². The first-order valence-electron chi connectivity index (χ1n) is 11.4. The van der Waals surface area contributed by atoms with Crippen molar-refractivity contribution >= 4 is 32.6 Å². The molecule has 0 spiro atoms. The molecule has 1 fully saturated rings. The molecule has 4 rings (SSSR count). The summed E-state index contributed by atoms with van der Waals surface area (Å²) in [6.07, 6.45) is 2.34. The van der Waals surface area contributed by atoms with E-state index in [9.17, 15) is 4.79 Å². The molecular weight excluding hydrogens is 464 g/mol. The predicted molar refractivity (Wildman–Crippen MR) is 134 cm³/mol. The smallest absolute Gasteiger partial charge is 0.253 e. The van der Waals surface area contributed by atoms with Gasteiger partial charge in [-0.05, 0) is 65.9 Å². The number of piperidine rings is 1. The molecule has 3 aromatic carbocycles. The molecule has 1 saturated heterocycles. The lowest BCUT2D eigenvalue weighted by atomic mass is 9.96. The molecule has 1 heterocycles. The maximum atomic E-state index is 13.5. The molecule has 5 heteroatoms. The van der Waals surface area contributed by atoms with E-state index in [4.69, 9.17) is 4.74 Å². The number of halogens is 1. The minimum absolute atomic E-state index is 0.0899. The minimum atomic E-state index is 0.0899. The van der Waals surface area contributed by atoms with Crippen LogP contribution in [0.1, 0.15) is 28.8 Å². The number of carbonyl (C=O) groups excluding carboxylic acids is 1. The van der Waals surface area contributed by atoms with Gasteiger partial charge >= 0.3 is 0 Å². The number of methoxy groups -OCH3 is 1. The highest BCUT2D eigenvalue weighted by Crippen LogP contribution is 2.23. The largest absolute Gasteiger partial charge is 0.383 e. The van der Waals surface area contributed by atoms with Crippen LogP contribution in [0.5, 0.6) is 0 Å². The number of benzene rings is 3. The molecule has 0 bridgehead atoms. The number of hydrogen-bond acceptors (Lipinski definition) is 3. The molecular formula is C27H31BrN2O2. The van der Waals surface area contributed by atoms with Crippen LogP contribution in [-0.2, 0) is 11.3 Å². The van der Waals surface area contributed by atoms with Crippen molar-refractivity contribution in [2.45, 2.75) is 19.4 Å². The second-order valence-corrected chi connectivity index (χ2v) is 9.59. The summed E-state index contributed by atoms with van der Waals surface area (Å²) in [5.74, 6) is 0.566. The first-order valence-corrected chi connectivity index (χ1v) is 12.2. The van der Waals surface area contributed by atoms with Gasteiger partial charge in [-0.3, -0.25) is 9.69 Å². The monoisotopic (exact) mass is 494 g/mol. The van der Waals surface area contributed by atoms with Crippen LogP contribution in [0.3, 0.4) is 0 Å². The van der Waals surface area contributed by atoms with Gasteiger partial charge in [0.1, 0.15) is 0 Å². The van der Waals surface area contributed by atoms with E-state index in [0.29, 0.717) is 19.1 Å². The van der Waals surface area contributed by atoms with Crippen molar-refractivity contribution in [1.82, 2.24) is 9.80 Å². The maximum absolute atomic E-state index is 13.5. The summed E-state index contributed by atoms with van der Waals surface area (Å²) in [5, 5.41) is 2.21. The standard InChI is InChI=1S/C27H31BrN2O2/c1-32-15-14-30(27(31)25-10-9-24-17-26(28)12-11-23(24)16-25)20-22-8-5-13-29(19-22)18-21-6-3-2-4-7-21/h2-4,6-7,9-12,16-17,22H,5,8,13-15,18-20H2,1H3. The van der Waals surface area contributed by atoms with Gasteiger partial charge in [0, 0.05) is 43.3 Å². The quantitative estimate of drug-likeness (QED) is 0.408. The van der Waals surface area contributed by atoms with Gasteiger partial charge in [0.05, 0.1) is 6.61 Å². The Hall–Kier alpha value is -2.21. The lowest BCUT2D eigenvalue weighted by molar-refractivity contribution is 0.0603. The molecule has 32 heavy (non-hydrogen) atoms. The first-order chi connectivity index (χ1) is 15.6. The zero-order chi connectivity index (χ0) is 22.3. The summed E-state index contributed by atoms with van der Waals surface area (Å²) < 4.78 is 6.37. The van der Waals surface area contributed by atoms with Crippen LogP contribution < -0.4 is 0 Å². The number of nitrogens with zero attached hydrogens (tertiary/aromatic N) is 2. The third kappa shape index (κ3) is 5.97. The summed E-state index contributed by atoms with van der Waals surface area (Å²) in [6.45, 7) is 5.06. The highest BCUT2D eigenvalue weighted by Gasteiger charge is 2.25. The summed E-state index contributed by atoms with van der Waals surface area (Å²) in [5.41, 5.74) is 2.09. The van der Waals surface area contributed by atoms with Gasteiger partial charge < -0.3 is 9.64 Å². The van der Waals surface area contributed by atoms with Crippen molar-refractivity contribution in [3.8, 4) is 0 Å². The fourth-order valence-corrected chi connectivity index (χ4v) is 4.99. The Labute approximate surface area is 199 Å². The molecule has 3 aromatic rings. The number of amides is 1. The Morgan fingerprint density at radius 1 is 1.09 bits per heavy atom. The molecule has 1 aliphatic rings. The Morgan fingerprint density at radius 3 is 2.69 bits per heavy atom. The topological polar surface area (TPSA) is 32.8 Å². The number of likely N-dealkylation sites (tertiary alicyclic amines) is 1. The van der Waals surface area contributed by atoms with Crippen LogP contribution in [0, 0.1) is 5.92 Å². The summed E-state index contributed by atoms with van der Waals surface area (Å²) >= 11 is 3.52. The van der Waals surface area contributed by atoms with Crippen LogP contribution in [-0.4, -0.2) is 55.6 Å². The van der Waals surface area contributed by atoms with Crippen LogP contribution in [0.25, 0.3) is 10.8 Å². The third-order valence-electron chi connectivity index (χ3n) is 6.23. The molecule has 0 aliphatic carbocycles. The number of ether oxygens (including phenoxy) is 1. The van der Waals surface area contributed by atoms with Gasteiger partial charge in [0.2, 0.25) is 0 Å². The highest BCUT2D eigenvalue weighted by molar-refractivity contribution is 9.10. The first kappa shape index (κ1) is 23.0. The van der Waals surface area contributed by atoms with E-state index in [1.807, 2.05) is 29.2 Å². The van der Waals surface area contributed by atoms with Crippen LogP contribution >= 0.6 is 15.9 Å². The van der Waals surface area contributed by atoms with Crippen molar-refractivity contribution in [1.29, 1.82) is 0 Å². The summed E-state index contributed by atoms with van der Waals surface area (Å²) in [7, 11) is 1.69. The molecule has 4 nitrogen and oxygen atoms in total. The van der Waals surface area contributed by atoms with E-state index in [1.54, 1.807) is 7.11 Å². The Morgan fingerprint density at radius 2 is 1.88 bits per heavy atom. The van der Waals surface area contributed by atoms with Gasteiger partial charge in [-0.25, -0.2) is 0 Å². The average molecular weight is 495 g/mol. The van der Waals surface area contributed by atoms with Crippen LogP contribution in [0.15, 0.2) is 71.2 Å². The van der Waals surface area contributed by atoms with E-state index in [2.05, 4.69) is 63.3 Å². The van der Waals surface area contributed by atoms with Gasteiger partial charge in [-0.2, -0.15) is 0 Å². The normalized spacial score (nSPS) is 16.9. The van der Waals surface area contributed by atoms with Crippen molar-refractivity contribution in [3.05, 3.63) is 82.3 Å². The fraction of sp³-hybridized carbons (Fsp3) is 0.370. The lowest BCUT2D eigenvalue weighted by Gasteiger charge is -2.36. The molecule has 1 amide bonds. The van der Waals surface area contributed by atoms with E-state index in [1.165, 1.54) is 12.0 Å². The lowest BCUT2D eigenvalue weighted by Crippen LogP contribution is -2.43. The van der Waals surface area contributed by atoms with E-state index >= 15 is 0 Å². The molecule has 0 radical (unpaired) electrons. The molecule has 0 N–H and O–H groups in total. The Balaban J connectivity index is 1.45. The number of carbonyl (C=O) groups is 1. The molecule has 1 aliphatic heterocycles. The molecule has 1 unspecified atom stereocenters. The van der Waals surface area contributed by atoms with Gasteiger partial charge in [0.15, 0.2) is 0 Å². The third-order valence-corrected chi connectivity index (χ3v) is 6.73. The van der Waals surface area contributed by atoms with E-state index in [-0.39, 0.29) is 5.91 Å². The van der Waals surface area contributed by atoms with E-state index < -0.39 is 0 Å². The van der Waals surface area contributed by atoms with Crippen LogP contribution in [0.4, 0.5) is 0 Å². The second kappa shape index (κ2) is 11.1. The van der Waals surface area contributed by atoms with Gasteiger partial charge in [-0.1, -0.05) is 58.4 Å². The number of fused-ring (bicyclic) bond motifs is 1. The molecule has 168 valence electrons. The van der Waals surface area contributed by atoms with Crippen molar-refractivity contribution in [3.63, 3.8) is 0 Å².